The Labute approximate surface area is 164 Å². The van der Waals surface area contributed by atoms with Crippen molar-refractivity contribution in [2.24, 2.45) is 0 Å². The van der Waals surface area contributed by atoms with Crippen LogP contribution in [-0.2, 0) is 0 Å². The molecule has 7 heteroatoms. The Kier molecular flexibility index (Phi) is 4.75. The summed E-state index contributed by atoms with van der Waals surface area (Å²) in [5.74, 6) is 0.575. The van der Waals surface area contributed by atoms with Gasteiger partial charge in [-0.25, -0.2) is 9.97 Å². The SMILES string of the molecule is COc1ccc2nc(-c3ccc(NC(=O)c4ccc(Cl)nc4)cc3)sc2c1. The zero-order valence-electron chi connectivity index (χ0n) is 14.3. The summed E-state index contributed by atoms with van der Waals surface area (Å²) in [7, 11) is 1.65. The van der Waals surface area contributed by atoms with E-state index in [0.717, 1.165) is 26.5 Å². The van der Waals surface area contributed by atoms with Crippen LogP contribution in [0.1, 0.15) is 10.4 Å². The third kappa shape index (κ3) is 3.77. The molecule has 0 bridgehead atoms. The molecule has 0 saturated heterocycles. The molecule has 1 amide bonds. The minimum atomic E-state index is -0.237. The molecule has 4 rings (SSSR count). The molecule has 2 aromatic carbocycles. The Hall–Kier alpha value is -2.96. The van der Waals surface area contributed by atoms with E-state index in [2.05, 4.69) is 15.3 Å². The maximum atomic E-state index is 12.2. The second-order valence-electron chi connectivity index (χ2n) is 5.75. The van der Waals surface area contributed by atoms with Crippen LogP contribution < -0.4 is 10.1 Å². The van der Waals surface area contributed by atoms with Crippen molar-refractivity contribution in [3.63, 3.8) is 0 Å². The van der Waals surface area contributed by atoms with Crippen molar-refractivity contribution in [2.45, 2.75) is 0 Å². The van der Waals surface area contributed by atoms with Crippen LogP contribution in [0.4, 0.5) is 5.69 Å². The lowest BCUT2D eigenvalue weighted by molar-refractivity contribution is 0.102. The van der Waals surface area contributed by atoms with Crippen molar-refractivity contribution in [3.8, 4) is 16.3 Å². The van der Waals surface area contributed by atoms with Crippen LogP contribution in [0.25, 0.3) is 20.8 Å². The number of nitrogens with zero attached hydrogens (tertiary/aromatic N) is 2. The number of amides is 1. The average molecular weight is 396 g/mol. The van der Waals surface area contributed by atoms with Gasteiger partial charge in [0.05, 0.1) is 22.9 Å². The monoisotopic (exact) mass is 395 g/mol. The van der Waals surface area contributed by atoms with Crippen LogP contribution in [0.15, 0.2) is 60.8 Å². The summed E-state index contributed by atoms with van der Waals surface area (Å²) in [5, 5.41) is 4.11. The van der Waals surface area contributed by atoms with Crippen molar-refractivity contribution in [1.29, 1.82) is 0 Å². The first-order chi connectivity index (χ1) is 13.1. The number of thiazole rings is 1. The first-order valence-electron chi connectivity index (χ1n) is 8.10. The second kappa shape index (κ2) is 7.34. The number of rotatable bonds is 4. The number of fused-ring (bicyclic) bond motifs is 1. The molecule has 0 spiro atoms. The number of nitrogens with one attached hydrogen (secondary N) is 1. The molecule has 0 aliphatic rings. The summed E-state index contributed by atoms with van der Waals surface area (Å²) in [6, 6.07) is 16.6. The number of aromatic nitrogens is 2. The topological polar surface area (TPSA) is 64.1 Å². The van der Waals surface area contributed by atoms with Crippen molar-refractivity contribution in [3.05, 3.63) is 71.5 Å². The van der Waals surface area contributed by atoms with Crippen molar-refractivity contribution >= 4 is 44.7 Å². The van der Waals surface area contributed by atoms with E-state index >= 15 is 0 Å². The molecule has 0 fully saturated rings. The number of carbonyl (C=O) groups is 1. The van der Waals surface area contributed by atoms with Gasteiger partial charge in [0, 0.05) is 17.4 Å². The largest absolute Gasteiger partial charge is 0.497 e. The van der Waals surface area contributed by atoms with Crippen LogP contribution in [0.5, 0.6) is 5.75 Å². The molecule has 0 aliphatic heterocycles. The smallest absolute Gasteiger partial charge is 0.257 e. The van der Waals surface area contributed by atoms with Crippen LogP contribution in [-0.4, -0.2) is 23.0 Å². The number of carbonyl (C=O) groups excluding carboxylic acids is 1. The molecule has 0 radical (unpaired) electrons. The lowest BCUT2D eigenvalue weighted by Crippen LogP contribution is -2.11. The van der Waals surface area contributed by atoms with Crippen molar-refractivity contribution in [1.82, 2.24) is 9.97 Å². The van der Waals surface area contributed by atoms with E-state index in [0.29, 0.717) is 16.4 Å². The number of ether oxygens (including phenoxy) is 1. The van der Waals surface area contributed by atoms with Gasteiger partial charge in [0.15, 0.2) is 0 Å². The van der Waals surface area contributed by atoms with Gasteiger partial charge in [-0.3, -0.25) is 4.79 Å². The number of pyridine rings is 1. The Morgan fingerprint density at radius 3 is 2.63 bits per heavy atom. The maximum Gasteiger partial charge on any atom is 0.257 e. The molecule has 0 atom stereocenters. The fraction of sp³-hybridized carbons (Fsp3) is 0.0500. The first-order valence-corrected chi connectivity index (χ1v) is 9.30. The van der Waals surface area contributed by atoms with E-state index in [4.69, 9.17) is 16.3 Å². The van der Waals surface area contributed by atoms with Crippen LogP contribution in [0.3, 0.4) is 0 Å². The molecule has 27 heavy (non-hydrogen) atoms. The van der Waals surface area contributed by atoms with Gasteiger partial charge < -0.3 is 10.1 Å². The Morgan fingerprint density at radius 2 is 1.93 bits per heavy atom. The van der Waals surface area contributed by atoms with Gasteiger partial charge in [-0.15, -0.1) is 11.3 Å². The third-order valence-electron chi connectivity index (χ3n) is 3.97. The molecule has 1 N–H and O–H groups in total. The molecular formula is C20H14ClN3O2S. The van der Waals surface area contributed by atoms with Crippen molar-refractivity contribution in [2.75, 3.05) is 12.4 Å². The third-order valence-corrected chi connectivity index (χ3v) is 5.27. The molecule has 4 aromatic rings. The number of hydrogen-bond donors (Lipinski definition) is 1. The van der Waals surface area contributed by atoms with E-state index < -0.39 is 0 Å². The fourth-order valence-electron chi connectivity index (χ4n) is 2.56. The Morgan fingerprint density at radius 1 is 1.11 bits per heavy atom. The molecule has 0 unspecified atom stereocenters. The van der Waals surface area contributed by atoms with E-state index in [1.807, 2.05) is 42.5 Å². The lowest BCUT2D eigenvalue weighted by atomic mass is 10.2. The van der Waals surface area contributed by atoms with Gasteiger partial charge in [0.1, 0.15) is 15.9 Å². The van der Waals surface area contributed by atoms with Gasteiger partial charge in [-0.1, -0.05) is 11.6 Å². The van der Waals surface area contributed by atoms with Gasteiger partial charge in [-0.2, -0.15) is 0 Å². The number of hydrogen-bond acceptors (Lipinski definition) is 5. The molecule has 2 heterocycles. The van der Waals surface area contributed by atoms with Crippen LogP contribution in [0.2, 0.25) is 5.15 Å². The predicted molar refractivity (Wildman–Crippen MR) is 109 cm³/mol. The maximum absolute atomic E-state index is 12.2. The number of methoxy groups -OCH3 is 1. The molecule has 0 aliphatic carbocycles. The number of anilines is 1. The van der Waals surface area contributed by atoms with Gasteiger partial charge >= 0.3 is 0 Å². The minimum absolute atomic E-state index is 0.237. The van der Waals surface area contributed by atoms with Gasteiger partial charge in [0.2, 0.25) is 0 Å². The molecule has 5 nitrogen and oxygen atoms in total. The normalized spacial score (nSPS) is 10.7. The summed E-state index contributed by atoms with van der Waals surface area (Å²) in [4.78, 5) is 20.8. The van der Waals surface area contributed by atoms with E-state index in [1.54, 1.807) is 30.6 Å². The van der Waals surface area contributed by atoms with E-state index in [1.165, 1.54) is 6.20 Å². The molecule has 0 saturated carbocycles. The highest BCUT2D eigenvalue weighted by Crippen LogP contribution is 2.32. The Balaban J connectivity index is 1.53. The molecule has 2 aromatic heterocycles. The summed E-state index contributed by atoms with van der Waals surface area (Å²) >= 11 is 7.34. The van der Waals surface area contributed by atoms with E-state index in [-0.39, 0.29) is 5.91 Å². The fourth-order valence-corrected chi connectivity index (χ4v) is 3.68. The van der Waals surface area contributed by atoms with E-state index in [9.17, 15) is 4.79 Å². The van der Waals surface area contributed by atoms with Gasteiger partial charge in [0.25, 0.3) is 5.91 Å². The highest BCUT2D eigenvalue weighted by Gasteiger charge is 2.09. The summed E-state index contributed by atoms with van der Waals surface area (Å²) < 4.78 is 6.33. The summed E-state index contributed by atoms with van der Waals surface area (Å²) in [6.45, 7) is 0. The minimum Gasteiger partial charge on any atom is -0.497 e. The average Bonchev–Trinajstić information content (AvgIpc) is 3.12. The van der Waals surface area contributed by atoms with Crippen LogP contribution >= 0.6 is 22.9 Å². The second-order valence-corrected chi connectivity index (χ2v) is 7.17. The summed E-state index contributed by atoms with van der Waals surface area (Å²) in [5.41, 5.74) is 3.06. The highest BCUT2D eigenvalue weighted by molar-refractivity contribution is 7.21. The quantitative estimate of drug-likeness (QED) is 0.478. The summed E-state index contributed by atoms with van der Waals surface area (Å²) in [6.07, 6.45) is 1.45. The zero-order chi connectivity index (χ0) is 18.8. The standard InChI is InChI=1S/C20H14ClN3O2S/c1-26-15-7-8-16-17(10-15)27-20(24-16)12-2-5-14(6-3-12)23-19(25)13-4-9-18(21)22-11-13/h2-11H,1H3,(H,23,25). The molecular weight excluding hydrogens is 382 g/mol. The number of benzene rings is 2. The van der Waals surface area contributed by atoms with Crippen LogP contribution in [0, 0.1) is 0 Å². The van der Waals surface area contributed by atoms with Crippen molar-refractivity contribution < 1.29 is 9.53 Å². The lowest BCUT2D eigenvalue weighted by Gasteiger charge is -2.05. The molecule has 134 valence electrons. The first kappa shape index (κ1) is 17.5. The zero-order valence-corrected chi connectivity index (χ0v) is 15.8. The van der Waals surface area contributed by atoms with Gasteiger partial charge in [-0.05, 0) is 54.6 Å². The predicted octanol–water partition coefficient (Wildman–Crippen LogP) is 5.27. The Bertz CT molecular complexity index is 1110. The highest BCUT2D eigenvalue weighted by atomic mass is 35.5. The number of halogens is 1.